The molecule has 1 saturated heterocycles. The van der Waals surface area contributed by atoms with E-state index < -0.39 is 0 Å². The quantitative estimate of drug-likeness (QED) is 0.802. The average molecular weight is 210 g/mol. The average Bonchev–Trinajstić information content (AvgIpc) is 2.65. The Labute approximate surface area is 89.8 Å². The van der Waals surface area contributed by atoms with Crippen molar-refractivity contribution in [2.24, 2.45) is 0 Å². The van der Waals surface area contributed by atoms with Crippen LogP contribution in [0.4, 0.5) is 0 Å². The lowest BCUT2D eigenvalue weighted by Gasteiger charge is -2.33. The van der Waals surface area contributed by atoms with Crippen LogP contribution in [-0.4, -0.2) is 33.5 Å². The van der Waals surface area contributed by atoms with Crippen molar-refractivity contribution in [3.63, 3.8) is 0 Å². The first-order chi connectivity index (χ1) is 7.23. The number of aryl methyl sites for hydroxylation is 1. The molecule has 5 nitrogen and oxygen atoms in total. The van der Waals surface area contributed by atoms with Crippen LogP contribution >= 0.6 is 0 Å². The fraction of sp³-hybridized carbons (Fsp3) is 0.800. The summed E-state index contributed by atoms with van der Waals surface area (Å²) in [6.45, 7) is 6.99. The Morgan fingerprint density at radius 1 is 1.53 bits per heavy atom. The van der Waals surface area contributed by atoms with Crippen molar-refractivity contribution >= 4 is 0 Å². The molecule has 0 atom stereocenters. The molecule has 2 rings (SSSR count). The predicted octanol–water partition coefficient (Wildman–Crippen LogP) is 0.819. The maximum absolute atomic E-state index is 5.95. The van der Waals surface area contributed by atoms with Crippen molar-refractivity contribution in [1.29, 1.82) is 0 Å². The third kappa shape index (κ3) is 2.28. The van der Waals surface area contributed by atoms with Gasteiger partial charge in [0.1, 0.15) is 11.9 Å². The molecule has 1 aromatic heterocycles. The minimum Gasteiger partial charge on any atom is -0.457 e. The van der Waals surface area contributed by atoms with Gasteiger partial charge in [0, 0.05) is 6.54 Å². The molecule has 0 saturated carbocycles. The molecule has 1 aliphatic heterocycles. The SMILES string of the molecule is CCn1ncnc1OC1(C)CCNCC1. The number of hydrogen-bond donors (Lipinski definition) is 1. The molecule has 15 heavy (non-hydrogen) atoms. The van der Waals surface area contributed by atoms with E-state index in [9.17, 15) is 0 Å². The van der Waals surface area contributed by atoms with Crippen molar-refractivity contribution < 1.29 is 4.74 Å². The van der Waals surface area contributed by atoms with Crippen LogP contribution in [0.3, 0.4) is 0 Å². The monoisotopic (exact) mass is 210 g/mol. The molecule has 2 heterocycles. The Morgan fingerprint density at radius 2 is 2.27 bits per heavy atom. The molecule has 84 valence electrons. The molecule has 0 aromatic carbocycles. The summed E-state index contributed by atoms with van der Waals surface area (Å²) in [7, 11) is 0. The maximum Gasteiger partial charge on any atom is 0.315 e. The first-order valence-electron chi connectivity index (χ1n) is 5.51. The van der Waals surface area contributed by atoms with E-state index >= 15 is 0 Å². The van der Waals surface area contributed by atoms with E-state index in [0.717, 1.165) is 32.5 Å². The number of nitrogens with zero attached hydrogens (tertiary/aromatic N) is 3. The Morgan fingerprint density at radius 3 is 2.93 bits per heavy atom. The molecule has 0 amide bonds. The summed E-state index contributed by atoms with van der Waals surface area (Å²) in [4.78, 5) is 4.14. The van der Waals surface area contributed by atoms with Gasteiger partial charge in [0.05, 0.1) is 0 Å². The topological polar surface area (TPSA) is 52.0 Å². The summed E-state index contributed by atoms with van der Waals surface area (Å²) < 4.78 is 7.74. The smallest absolute Gasteiger partial charge is 0.315 e. The zero-order chi connectivity index (χ0) is 10.7. The molecule has 0 bridgehead atoms. The number of rotatable bonds is 3. The van der Waals surface area contributed by atoms with Crippen molar-refractivity contribution in [3.05, 3.63) is 6.33 Å². The summed E-state index contributed by atoms with van der Waals surface area (Å²) >= 11 is 0. The van der Waals surface area contributed by atoms with Crippen LogP contribution in [0, 0.1) is 0 Å². The van der Waals surface area contributed by atoms with Crippen molar-refractivity contribution in [2.75, 3.05) is 13.1 Å². The summed E-state index contributed by atoms with van der Waals surface area (Å²) in [6, 6.07) is 0.641. The number of hydrogen-bond acceptors (Lipinski definition) is 4. The molecular formula is C10H18N4O. The van der Waals surface area contributed by atoms with E-state index in [1.807, 2.05) is 6.92 Å². The number of aromatic nitrogens is 3. The molecule has 0 radical (unpaired) electrons. The van der Waals surface area contributed by atoms with Gasteiger partial charge in [-0.05, 0) is 39.8 Å². The lowest BCUT2D eigenvalue weighted by Crippen LogP contribution is -2.44. The second-order valence-electron chi connectivity index (χ2n) is 4.16. The van der Waals surface area contributed by atoms with Gasteiger partial charge in [-0.3, -0.25) is 0 Å². The van der Waals surface area contributed by atoms with Crippen LogP contribution in [0.1, 0.15) is 26.7 Å². The highest BCUT2D eigenvalue weighted by Crippen LogP contribution is 2.24. The van der Waals surface area contributed by atoms with Crippen molar-refractivity contribution in [1.82, 2.24) is 20.1 Å². The fourth-order valence-electron chi connectivity index (χ4n) is 1.83. The van der Waals surface area contributed by atoms with Crippen molar-refractivity contribution in [2.45, 2.75) is 38.8 Å². The van der Waals surface area contributed by atoms with Crippen LogP contribution in [0.5, 0.6) is 6.01 Å². The molecule has 0 spiro atoms. The molecule has 1 aliphatic rings. The van der Waals surface area contributed by atoms with Gasteiger partial charge < -0.3 is 10.1 Å². The van der Waals surface area contributed by atoms with Gasteiger partial charge in [-0.15, -0.1) is 0 Å². The lowest BCUT2D eigenvalue weighted by atomic mass is 9.95. The van der Waals surface area contributed by atoms with Crippen LogP contribution in [0.2, 0.25) is 0 Å². The Bertz CT molecular complexity index is 317. The highest BCUT2D eigenvalue weighted by molar-refractivity contribution is 4.96. The zero-order valence-electron chi connectivity index (χ0n) is 9.36. The van der Waals surface area contributed by atoms with Crippen LogP contribution in [0.15, 0.2) is 6.33 Å². The summed E-state index contributed by atoms with van der Waals surface area (Å²) in [6.07, 6.45) is 3.58. The van der Waals surface area contributed by atoms with Gasteiger partial charge in [-0.25, -0.2) is 4.68 Å². The summed E-state index contributed by atoms with van der Waals surface area (Å²) in [5.41, 5.74) is -0.0921. The Balaban J connectivity index is 2.06. The molecule has 1 aromatic rings. The van der Waals surface area contributed by atoms with Gasteiger partial charge in [-0.2, -0.15) is 10.1 Å². The first-order valence-corrected chi connectivity index (χ1v) is 5.51. The standard InChI is InChI=1S/C10H18N4O/c1-3-14-9(12-8-13-14)15-10(2)4-6-11-7-5-10/h8,11H,3-7H2,1-2H3. The van der Waals surface area contributed by atoms with Gasteiger partial charge in [0.15, 0.2) is 0 Å². The van der Waals surface area contributed by atoms with Gasteiger partial charge >= 0.3 is 6.01 Å². The summed E-state index contributed by atoms with van der Waals surface area (Å²) in [5.74, 6) is 0. The van der Waals surface area contributed by atoms with E-state index in [0.29, 0.717) is 6.01 Å². The van der Waals surface area contributed by atoms with Crippen LogP contribution in [0.25, 0.3) is 0 Å². The zero-order valence-corrected chi connectivity index (χ0v) is 9.36. The van der Waals surface area contributed by atoms with Crippen molar-refractivity contribution in [3.8, 4) is 6.01 Å². The minimum absolute atomic E-state index is 0.0921. The third-order valence-corrected chi connectivity index (χ3v) is 2.88. The first kappa shape index (κ1) is 10.4. The van der Waals surface area contributed by atoms with E-state index in [-0.39, 0.29) is 5.60 Å². The van der Waals surface area contributed by atoms with E-state index in [2.05, 4.69) is 22.3 Å². The number of ether oxygens (including phenoxy) is 1. The maximum atomic E-state index is 5.95. The Hall–Kier alpha value is -1.10. The highest BCUT2D eigenvalue weighted by atomic mass is 16.5. The largest absolute Gasteiger partial charge is 0.457 e. The summed E-state index contributed by atoms with van der Waals surface area (Å²) in [5, 5.41) is 7.42. The number of piperidine rings is 1. The lowest BCUT2D eigenvalue weighted by molar-refractivity contribution is 0.0407. The normalized spacial score (nSPS) is 20.1. The fourth-order valence-corrected chi connectivity index (χ4v) is 1.83. The highest BCUT2D eigenvalue weighted by Gasteiger charge is 2.30. The molecule has 0 unspecified atom stereocenters. The van der Waals surface area contributed by atoms with Crippen LogP contribution < -0.4 is 10.1 Å². The second-order valence-corrected chi connectivity index (χ2v) is 4.16. The molecule has 5 heteroatoms. The Kier molecular flexibility index (Phi) is 2.90. The van der Waals surface area contributed by atoms with E-state index in [4.69, 9.17) is 4.74 Å². The second kappa shape index (κ2) is 4.18. The van der Waals surface area contributed by atoms with E-state index in [1.54, 1.807) is 11.0 Å². The van der Waals surface area contributed by atoms with Crippen LogP contribution in [-0.2, 0) is 6.54 Å². The third-order valence-electron chi connectivity index (χ3n) is 2.88. The molecule has 0 aliphatic carbocycles. The van der Waals surface area contributed by atoms with Gasteiger partial charge in [0.25, 0.3) is 0 Å². The van der Waals surface area contributed by atoms with Gasteiger partial charge in [-0.1, -0.05) is 0 Å². The minimum atomic E-state index is -0.0921. The molecular weight excluding hydrogens is 192 g/mol. The van der Waals surface area contributed by atoms with Gasteiger partial charge in [0.2, 0.25) is 0 Å². The number of nitrogens with one attached hydrogen (secondary N) is 1. The molecule has 1 fully saturated rings. The molecule has 1 N–H and O–H groups in total. The predicted molar refractivity (Wildman–Crippen MR) is 56.8 cm³/mol. The van der Waals surface area contributed by atoms with E-state index in [1.165, 1.54) is 0 Å².